The summed E-state index contributed by atoms with van der Waals surface area (Å²) < 4.78 is 31.3. The number of carbonyl (C=O) groups excluding carboxylic acids is 1. The highest BCUT2D eigenvalue weighted by Gasteiger charge is 2.57. The summed E-state index contributed by atoms with van der Waals surface area (Å²) in [6.07, 6.45) is 12.8. The van der Waals surface area contributed by atoms with Gasteiger partial charge in [-0.2, -0.15) is 18.4 Å². The molecule has 5 aliphatic carbocycles. The molecular formula is C23H38N4O5S. The van der Waals surface area contributed by atoms with E-state index in [4.69, 9.17) is 9.81 Å². The van der Waals surface area contributed by atoms with Gasteiger partial charge in [-0.15, -0.1) is 0 Å². The Bertz CT molecular complexity index is 853. The third-order valence-corrected chi connectivity index (χ3v) is 8.92. The number of nitriles is 1. The molecule has 6 rings (SSSR count). The molecule has 0 aromatic carbocycles. The van der Waals surface area contributed by atoms with Crippen LogP contribution in [0.1, 0.15) is 83.5 Å². The van der Waals surface area contributed by atoms with Gasteiger partial charge in [0.15, 0.2) is 0 Å². The molecule has 0 aromatic rings. The SMILES string of the molecule is N#C[C@@H]1CCCN1C(=O)CNC12CC3CC(CC(O)(C3)C1)C2.O=S(=O)(O)NC1CCCCC1. The lowest BCUT2D eigenvalue weighted by Gasteiger charge is -2.60. The number of likely N-dealkylation sites (tertiary alicyclic amines) is 1. The summed E-state index contributed by atoms with van der Waals surface area (Å²) in [7, 11) is -3.97. The molecule has 186 valence electrons. The number of amides is 1. The van der Waals surface area contributed by atoms with Gasteiger partial charge >= 0.3 is 10.3 Å². The van der Waals surface area contributed by atoms with Crippen LogP contribution in [0.4, 0.5) is 0 Å². The van der Waals surface area contributed by atoms with E-state index in [1.165, 1.54) is 12.8 Å². The third-order valence-electron chi connectivity index (χ3n) is 8.29. The Kier molecular flexibility index (Phi) is 7.37. The minimum absolute atomic E-state index is 0.0428. The fourth-order valence-electron chi connectivity index (χ4n) is 7.42. The molecule has 0 radical (unpaired) electrons. The highest BCUT2D eigenvalue weighted by molar-refractivity contribution is 7.83. The van der Waals surface area contributed by atoms with Gasteiger partial charge in [0.05, 0.1) is 18.2 Å². The van der Waals surface area contributed by atoms with Crippen LogP contribution in [0.5, 0.6) is 0 Å². The Morgan fingerprint density at radius 1 is 1.06 bits per heavy atom. The van der Waals surface area contributed by atoms with Gasteiger partial charge in [-0.1, -0.05) is 19.3 Å². The van der Waals surface area contributed by atoms with E-state index in [9.17, 15) is 18.3 Å². The highest BCUT2D eigenvalue weighted by Crippen LogP contribution is 2.57. The van der Waals surface area contributed by atoms with Crippen molar-refractivity contribution < 1.29 is 22.9 Å². The van der Waals surface area contributed by atoms with Gasteiger partial charge in [0, 0.05) is 18.1 Å². The van der Waals surface area contributed by atoms with Crippen LogP contribution in [0.15, 0.2) is 0 Å². The van der Waals surface area contributed by atoms with Gasteiger partial charge in [0.25, 0.3) is 0 Å². The number of rotatable bonds is 5. The molecule has 9 nitrogen and oxygen atoms in total. The Morgan fingerprint density at radius 3 is 2.30 bits per heavy atom. The molecule has 2 unspecified atom stereocenters. The van der Waals surface area contributed by atoms with Crippen molar-refractivity contribution in [3.8, 4) is 6.07 Å². The molecule has 0 aromatic heterocycles. The van der Waals surface area contributed by atoms with Crippen molar-refractivity contribution in [2.45, 2.75) is 107 Å². The van der Waals surface area contributed by atoms with Crippen LogP contribution in [0.25, 0.3) is 0 Å². The van der Waals surface area contributed by atoms with Crippen molar-refractivity contribution in [2.75, 3.05) is 13.1 Å². The second kappa shape index (κ2) is 9.78. The van der Waals surface area contributed by atoms with Crippen LogP contribution in [0.3, 0.4) is 0 Å². The maximum Gasteiger partial charge on any atom is 0.333 e. The van der Waals surface area contributed by atoms with E-state index in [2.05, 4.69) is 16.1 Å². The lowest BCUT2D eigenvalue weighted by atomic mass is 9.51. The van der Waals surface area contributed by atoms with Crippen molar-refractivity contribution in [1.29, 1.82) is 5.26 Å². The first kappa shape index (κ1) is 24.9. The first-order chi connectivity index (χ1) is 15.6. The largest absolute Gasteiger partial charge is 0.390 e. The maximum absolute atomic E-state index is 12.4. The number of nitrogens with zero attached hydrogens (tertiary/aromatic N) is 2. The normalized spacial score (nSPS) is 38.0. The van der Waals surface area contributed by atoms with Gasteiger partial charge < -0.3 is 15.3 Å². The van der Waals surface area contributed by atoms with E-state index in [0.717, 1.165) is 70.6 Å². The van der Waals surface area contributed by atoms with Gasteiger partial charge in [0.1, 0.15) is 6.04 Å². The lowest BCUT2D eigenvalue weighted by Crippen LogP contribution is -2.65. The molecule has 4 bridgehead atoms. The van der Waals surface area contributed by atoms with E-state index >= 15 is 0 Å². The molecule has 1 saturated heterocycles. The standard InChI is InChI=1S/C17H25N3O2.C6H13NO3S/c18-9-14-2-1-3-20(14)15(21)10-19-16-5-12-4-13(6-16)8-17(22,7-12)11-16;8-11(9,10)7-6-4-2-1-3-5-6/h12-14,19,22H,1-8,10-11H2;6-7H,1-5H2,(H,8,9,10)/t12?,13?,14-,16?,17?;/m0./s1. The van der Waals surface area contributed by atoms with Gasteiger partial charge in [0.2, 0.25) is 5.91 Å². The van der Waals surface area contributed by atoms with Gasteiger partial charge in [-0.3, -0.25) is 9.35 Å². The van der Waals surface area contributed by atoms with E-state index < -0.39 is 15.9 Å². The topological polar surface area (TPSA) is 143 Å². The molecule has 10 heteroatoms. The predicted molar refractivity (Wildman–Crippen MR) is 122 cm³/mol. The summed E-state index contributed by atoms with van der Waals surface area (Å²) in [6.45, 7) is 1.02. The molecular weight excluding hydrogens is 444 g/mol. The molecule has 5 saturated carbocycles. The fourth-order valence-corrected chi connectivity index (χ4v) is 8.07. The average molecular weight is 483 g/mol. The minimum Gasteiger partial charge on any atom is -0.390 e. The second-order valence-corrected chi connectivity index (χ2v) is 12.3. The van der Waals surface area contributed by atoms with Crippen molar-refractivity contribution in [1.82, 2.24) is 14.9 Å². The van der Waals surface area contributed by atoms with Gasteiger partial charge in [-0.25, -0.2) is 0 Å². The van der Waals surface area contributed by atoms with Crippen molar-refractivity contribution in [3.05, 3.63) is 0 Å². The first-order valence-electron chi connectivity index (χ1n) is 12.5. The summed E-state index contributed by atoms with van der Waals surface area (Å²) in [4.78, 5) is 14.2. The maximum atomic E-state index is 12.4. The van der Waals surface area contributed by atoms with Crippen LogP contribution in [0, 0.1) is 23.2 Å². The van der Waals surface area contributed by atoms with Crippen LogP contribution >= 0.6 is 0 Å². The summed E-state index contributed by atoms with van der Waals surface area (Å²) in [5, 5.41) is 23.4. The summed E-state index contributed by atoms with van der Waals surface area (Å²) in [5.41, 5.74) is -0.542. The second-order valence-electron chi connectivity index (χ2n) is 11.1. The molecule has 1 aliphatic heterocycles. The molecule has 0 spiro atoms. The summed E-state index contributed by atoms with van der Waals surface area (Å²) >= 11 is 0. The molecule has 1 amide bonds. The zero-order valence-electron chi connectivity index (χ0n) is 19.3. The molecule has 33 heavy (non-hydrogen) atoms. The Labute approximate surface area is 197 Å². The monoisotopic (exact) mass is 482 g/mol. The number of aliphatic hydroxyl groups is 1. The van der Waals surface area contributed by atoms with Gasteiger partial charge in [-0.05, 0) is 76.0 Å². The zero-order chi connectivity index (χ0) is 23.7. The van der Waals surface area contributed by atoms with E-state index in [1.54, 1.807) is 4.90 Å². The third kappa shape index (κ3) is 6.25. The van der Waals surface area contributed by atoms with E-state index in [0.29, 0.717) is 24.9 Å². The number of hydrogen-bond acceptors (Lipinski definition) is 6. The van der Waals surface area contributed by atoms with Crippen molar-refractivity contribution >= 4 is 16.2 Å². The number of carbonyl (C=O) groups is 1. The number of nitrogens with one attached hydrogen (secondary N) is 2. The summed E-state index contributed by atoms with van der Waals surface area (Å²) in [6, 6.07) is 1.95. The molecule has 4 N–H and O–H groups in total. The van der Waals surface area contributed by atoms with Crippen molar-refractivity contribution in [3.63, 3.8) is 0 Å². The Hall–Kier alpha value is -1.25. The molecule has 3 atom stereocenters. The number of hydrogen-bond donors (Lipinski definition) is 4. The first-order valence-corrected chi connectivity index (χ1v) is 13.9. The van der Waals surface area contributed by atoms with E-state index in [-0.39, 0.29) is 23.5 Å². The minimum atomic E-state index is -3.97. The fraction of sp³-hybridized carbons (Fsp3) is 0.913. The molecule has 6 aliphatic rings. The smallest absolute Gasteiger partial charge is 0.333 e. The van der Waals surface area contributed by atoms with Crippen LogP contribution < -0.4 is 10.0 Å². The Morgan fingerprint density at radius 2 is 1.73 bits per heavy atom. The van der Waals surface area contributed by atoms with Crippen LogP contribution in [-0.4, -0.2) is 65.2 Å². The molecule has 6 fully saturated rings. The summed E-state index contributed by atoms with van der Waals surface area (Å²) in [5.74, 6) is 1.28. The van der Waals surface area contributed by atoms with Crippen molar-refractivity contribution in [2.24, 2.45) is 11.8 Å². The van der Waals surface area contributed by atoms with Crippen LogP contribution in [0.2, 0.25) is 0 Å². The molecule has 1 heterocycles. The quantitative estimate of drug-likeness (QED) is 0.438. The average Bonchev–Trinajstić information content (AvgIpc) is 3.19. The van der Waals surface area contributed by atoms with Crippen LogP contribution in [-0.2, 0) is 15.1 Å². The zero-order valence-corrected chi connectivity index (χ0v) is 20.2. The van der Waals surface area contributed by atoms with E-state index in [1.807, 2.05) is 0 Å². The lowest BCUT2D eigenvalue weighted by molar-refractivity contribution is -0.147. The highest BCUT2D eigenvalue weighted by atomic mass is 32.2. The predicted octanol–water partition coefficient (Wildman–Crippen LogP) is 1.89. The Balaban J connectivity index is 0.000000200.